The summed E-state index contributed by atoms with van der Waals surface area (Å²) in [5.41, 5.74) is 4.80. The predicted molar refractivity (Wildman–Crippen MR) is 82.8 cm³/mol. The summed E-state index contributed by atoms with van der Waals surface area (Å²) in [6, 6.07) is 0. The maximum Gasteiger partial charge on any atom is 0.162 e. The van der Waals surface area contributed by atoms with Crippen molar-refractivity contribution >= 4 is 5.82 Å². The highest BCUT2D eigenvalue weighted by Crippen LogP contribution is 2.42. The number of hydrogen-bond acceptors (Lipinski definition) is 5. The van der Waals surface area contributed by atoms with E-state index >= 15 is 0 Å². The number of rotatable bonds is 4. The molecule has 2 unspecified atom stereocenters. The van der Waals surface area contributed by atoms with Gasteiger partial charge >= 0.3 is 0 Å². The van der Waals surface area contributed by atoms with Gasteiger partial charge in [0, 0.05) is 17.9 Å². The molecule has 0 saturated heterocycles. The Morgan fingerprint density at radius 3 is 2.90 bits per heavy atom. The van der Waals surface area contributed by atoms with Gasteiger partial charge < -0.3 is 10.2 Å². The number of aryl methyl sites for hydroxylation is 1. The van der Waals surface area contributed by atoms with Crippen LogP contribution < -0.4 is 11.3 Å². The molecule has 3 rings (SSSR count). The number of nitrogens with zero attached hydrogens (tertiary/aromatic N) is 2. The van der Waals surface area contributed by atoms with Crippen molar-refractivity contribution in [2.75, 3.05) is 12.0 Å². The van der Waals surface area contributed by atoms with Gasteiger partial charge in [-0.3, -0.25) is 0 Å². The zero-order valence-corrected chi connectivity index (χ0v) is 13.1. The average Bonchev–Trinajstić information content (AvgIpc) is 2.95. The summed E-state index contributed by atoms with van der Waals surface area (Å²) < 4.78 is 6.19. The Balaban J connectivity index is 2.03. The second-order valence-corrected chi connectivity index (χ2v) is 6.45. The normalized spacial score (nSPS) is 28.4. The molecule has 1 fully saturated rings. The summed E-state index contributed by atoms with van der Waals surface area (Å²) >= 11 is 0. The van der Waals surface area contributed by atoms with Gasteiger partial charge in [0.2, 0.25) is 0 Å². The van der Waals surface area contributed by atoms with Crippen LogP contribution in [0.3, 0.4) is 0 Å². The molecular formula is C16H26N4O. The van der Waals surface area contributed by atoms with Crippen LogP contribution >= 0.6 is 0 Å². The summed E-state index contributed by atoms with van der Waals surface area (Å²) in [7, 11) is 0. The van der Waals surface area contributed by atoms with Gasteiger partial charge in [0.05, 0.1) is 0 Å². The van der Waals surface area contributed by atoms with Crippen LogP contribution in [0.25, 0.3) is 0 Å². The van der Waals surface area contributed by atoms with Crippen molar-refractivity contribution in [3.05, 3.63) is 17.1 Å². The summed E-state index contributed by atoms with van der Waals surface area (Å²) in [4.78, 5) is 9.62. The number of nitrogen functional groups attached to an aromatic ring is 1. The summed E-state index contributed by atoms with van der Waals surface area (Å²) in [6.07, 6.45) is 7.64. The highest BCUT2D eigenvalue weighted by Gasteiger charge is 2.41. The Bertz CT molecular complexity index is 515. The van der Waals surface area contributed by atoms with E-state index in [4.69, 9.17) is 20.5 Å². The first-order chi connectivity index (χ1) is 10.2. The zero-order valence-electron chi connectivity index (χ0n) is 13.1. The van der Waals surface area contributed by atoms with Crippen LogP contribution in [-0.2, 0) is 23.2 Å². The van der Waals surface area contributed by atoms with Gasteiger partial charge in [-0.1, -0.05) is 13.3 Å². The monoisotopic (exact) mass is 290 g/mol. The first-order valence-corrected chi connectivity index (χ1v) is 8.19. The summed E-state index contributed by atoms with van der Waals surface area (Å²) in [5, 5.41) is 0. The van der Waals surface area contributed by atoms with Crippen molar-refractivity contribution in [1.82, 2.24) is 9.97 Å². The van der Waals surface area contributed by atoms with E-state index in [1.165, 1.54) is 18.4 Å². The second-order valence-electron chi connectivity index (χ2n) is 6.45. The molecule has 0 aromatic carbocycles. The van der Waals surface area contributed by atoms with Crippen LogP contribution in [0, 0.1) is 5.92 Å². The van der Waals surface area contributed by atoms with E-state index in [-0.39, 0.29) is 5.60 Å². The minimum atomic E-state index is -0.324. The number of ether oxygens (including phenoxy) is 1. The molecule has 3 N–H and O–H groups in total. The molecule has 0 spiro atoms. The van der Waals surface area contributed by atoms with Gasteiger partial charge in [0.15, 0.2) is 5.82 Å². The fourth-order valence-electron chi connectivity index (χ4n) is 3.93. The third-order valence-electron chi connectivity index (χ3n) is 4.85. The maximum atomic E-state index is 6.19. The highest BCUT2D eigenvalue weighted by atomic mass is 16.5. The maximum absolute atomic E-state index is 6.19. The molecule has 2 aliphatic rings. The van der Waals surface area contributed by atoms with Gasteiger partial charge in [0.1, 0.15) is 11.4 Å². The summed E-state index contributed by atoms with van der Waals surface area (Å²) in [6.45, 7) is 5.04. The van der Waals surface area contributed by atoms with Crippen LogP contribution in [0.2, 0.25) is 0 Å². The van der Waals surface area contributed by atoms with Gasteiger partial charge in [-0.15, -0.1) is 0 Å². The number of anilines is 1. The lowest BCUT2D eigenvalue weighted by Crippen LogP contribution is -2.37. The molecule has 21 heavy (non-hydrogen) atoms. The van der Waals surface area contributed by atoms with Crippen LogP contribution in [0.5, 0.6) is 0 Å². The molecule has 0 bridgehead atoms. The number of hydrazine groups is 1. The molecule has 5 heteroatoms. The van der Waals surface area contributed by atoms with Gasteiger partial charge in [0.25, 0.3) is 0 Å². The minimum Gasteiger partial charge on any atom is -0.367 e. The first kappa shape index (κ1) is 14.7. The molecule has 0 radical (unpaired) electrons. The fraction of sp³-hybridized carbons (Fsp3) is 0.750. The molecule has 5 nitrogen and oxygen atoms in total. The highest BCUT2D eigenvalue weighted by molar-refractivity contribution is 5.48. The van der Waals surface area contributed by atoms with Gasteiger partial charge in [-0.25, -0.2) is 15.8 Å². The van der Waals surface area contributed by atoms with E-state index in [1.807, 2.05) is 0 Å². The molecule has 2 atom stereocenters. The van der Waals surface area contributed by atoms with E-state index in [0.717, 1.165) is 49.4 Å². The lowest BCUT2D eigenvalue weighted by atomic mass is 9.78. The van der Waals surface area contributed by atoms with Gasteiger partial charge in [-0.2, -0.15) is 0 Å². The number of aromatic nitrogens is 2. The van der Waals surface area contributed by atoms with E-state index in [0.29, 0.717) is 12.5 Å². The Morgan fingerprint density at radius 1 is 1.33 bits per heavy atom. The van der Waals surface area contributed by atoms with Crippen LogP contribution in [0.1, 0.15) is 63.0 Å². The molecule has 0 amide bonds. The van der Waals surface area contributed by atoms with Gasteiger partial charge in [-0.05, 0) is 51.4 Å². The second kappa shape index (κ2) is 5.89. The van der Waals surface area contributed by atoms with Crippen LogP contribution in [0.4, 0.5) is 5.82 Å². The quantitative estimate of drug-likeness (QED) is 0.659. The molecule has 0 aliphatic heterocycles. The van der Waals surface area contributed by atoms with Crippen molar-refractivity contribution in [2.45, 2.75) is 64.4 Å². The number of fused-ring (bicyclic) bond motifs is 1. The fourth-order valence-corrected chi connectivity index (χ4v) is 3.93. The number of nitrogens with one attached hydrogen (secondary N) is 1. The zero-order chi connectivity index (χ0) is 14.9. The van der Waals surface area contributed by atoms with Crippen molar-refractivity contribution < 1.29 is 4.74 Å². The molecule has 1 heterocycles. The molecule has 116 valence electrons. The molecular weight excluding hydrogens is 264 g/mol. The number of nitrogens with two attached hydrogens (primary N) is 1. The third-order valence-corrected chi connectivity index (χ3v) is 4.85. The third kappa shape index (κ3) is 2.64. The van der Waals surface area contributed by atoms with Crippen molar-refractivity contribution in [2.24, 2.45) is 11.8 Å². The van der Waals surface area contributed by atoms with E-state index < -0.39 is 0 Å². The van der Waals surface area contributed by atoms with Crippen LogP contribution in [0.15, 0.2) is 0 Å². The first-order valence-electron chi connectivity index (χ1n) is 8.19. The number of hydrogen-bond donors (Lipinski definition) is 2. The largest absolute Gasteiger partial charge is 0.367 e. The molecule has 1 aromatic rings. The standard InChI is InChI=1S/C16H26N4O/c1-3-21-16(9-5-6-11(2)10-16)15-18-13-8-4-7-12(13)14(19-15)20-17/h11H,3-10,17H2,1-2H3,(H,18,19,20). The van der Waals surface area contributed by atoms with E-state index in [9.17, 15) is 0 Å². The summed E-state index contributed by atoms with van der Waals surface area (Å²) in [5.74, 6) is 7.97. The topological polar surface area (TPSA) is 73.1 Å². The van der Waals surface area contributed by atoms with E-state index in [2.05, 4.69) is 19.3 Å². The van der Waals surface area contributed by atoms with Crippen molar-refractivity contribution in [3.8, 4) is 0 Å². The molecule has 2 aliphatic carbocycles. The average molecular weight is 290 g/mol. The Kier molecular flexibility index (Phi) is 4.13. The Morgan fingerprint density at radius 2 is 2.19 bits per heavy atom. The van der Waals surface area contributed by atoms with Crippen molar-refractivity contribution in [3.63, 3.8) is 0 Å². The Labute approximate surface area is 126 Å². The predicted octanol–water partition coefficient (Wildman–Crippen LogP) is 2.69. The SMILES string of the molecule is CCOC1(c2nc3c(c(NN)n2)CCC3)CCCC(C)C1. The van der Waals surface area contributed by atoms with E-state index in [1.54, 1.807) is 0 Å². The smallest absolute Gasteiger partial charge is 0.162 e. The lowest BCUT2D eigenvalue weighted by Gasteiger charge is -2.38. The van der Waals surface area contributed by atoms with Crippen LogP contribution in [-0.4, -0.2) is 16.6 Å². The molecule has 1 aromatic heterocycles. The minimum absolute atomic E-state index is 0.324. The van der Waals surface area contributed by atoms with Crippen molar-refractivity contribution in [1.29, 1.82) is 0 Å². The Hall–Kier alpha value is -1.20. The lowest BCUT2D eigenvalue weighted by molar-refractivity contribution is -0.0881. The molecule has 1 saturated carbocycles.